The molecule has 0 fully saturated rings. The van der Waals surface area contributed by atoms with Gasteiger partial charge in [0, 0.05) is 31.4 Å². The van der Waals surface area contributed by atoms with E-state index in [4.69, 9.17) is 11.6 Å². The van der Waals surface area contributed by atoms with Gasteiger partial charge >= 0.3 is 0 Å². The summed E-state index contributed by atoms with van der Waals surface area (Å²) in [5.41, 5.74) is 2.38. The molecule has 2 aromatic carbocycles. The number of aryl methyl sites for hydroxylation is 1. The van der Waals surface area contributed by atoms with Crippen molar-refractivity contribution in [1.29, 1.82) is 0 Å². The summed E-state index contributed by atoms with van der Waals surface area (Å²) in [4.78, 5) is 5.82. The molecule has 1 nitrogen and oxygen atoms in total. The summed E-state index contributed by atoms with van der Waals surface area (Å²) in [5.74, 6) is 0. The molecule has 0 spiro atoms. The van der Waals surface area contributed by atoms with Crippen molar-refractivity contribution >= 4 is 34.3 Å². The van der Waals surface area contributed by atoms with E-state index in [0.717, 1.165) is 5.02 Å². The highest BCUT2D eigenvalue weighted by atomic mass is 35.5. The fourth-order valence-corrected chi connectivity index (χ4v) is 3.06. The monoisotopic (exact) mass is 273 g/mol. The lowest BCUT2D eigenvalue weighted by Gasteiger charge is -2.03. The van der Waals surface area contributed by atoms with Crippen LogP contribution in [0.25, 0.3) is 10.9 Å². The van der Waals surface area contributed by atoms with Gasteiger partial charge < -0.3 is 4.98 Å². The molecular formula is C15H12ClNS. The molecule has 0 aliphatic rings. The second-order valence-corrected chi connectivity index (χ2v) is 5.78. The molecule has 3 rings (SSSR count). The van der Waals surface area contributed by atoms with Crippen LogP contribution in [-0.2, 0) is 0 Å². The maximum absolute atomic E-state index is 5.90. The number of nitrogens with one attached hydrogen (secondary N) is 1. The maximum atomic E-state index is 5.90. The van der Waals surface area contributed by atoms with Crippen LogP contribution in [0, 0.1) is 6.92 Å². The number of H-pyrrole nitrogens is 1. The summed E-state index contributed by atoms with van der Waals surface area (Å²) in [6, 6.07) is 16.5. The lowest BCUT2D eigenvalue weighted by atomic mass is 10.2. The van der Waals surface area contributed by atoms with Gasteiger partial charge in [0.2, 0.25) is 0 Å². The number of halogens is 1. The second kappa shape index (κ2) is 4.71. The van der Waals surface area contributed by atoms with Crippen molar-refractivity contribution in [3.63, 3.8) is 0 Å². The fraction of sp³-hybridized carbons (Fsp3) is 0.0667. The topological polar surface area (TPSA) is 15.8 Å². The minimum Gasteiger partial charge on any atom is -0.359 e. The minimum absolute atomic E-state index is 0.773. The van der Waals surface area contributed by atoms with Gasteiger partial charge in [-0.3, -0.25) is 0 Å². The zero-order valence-corrected chi connectivity index (χ0v) is 11.5. The minimum atomic E-state index is 0.773. The average Bonchev–Trinajstić information content (AvgIpc) is 2.73. The van der Waals surface area contributed by atoms with Crippen LogP contribution in [0.15, 0.2) is 58.3 Å². The van der Waals surface area contributed by atoms with Crippen molar-refractivity contribution in [3.8, 4) is 0 Å². The molecule has 0 bridgehead atoms. The Balaban J connectivity index is 2.01. The van der Waals surface area contributed by atoms with Gasteiger partial charge in [-0.05, 0) is 49.4 Å². The van der Waals surface area contributed by atoms with Crippen LogP contribution in [-0.4, -0.2) is 4.98 Å². The number of benzene rings is 2. The van der Waals surface area contributed by atoms with E-state index in [1.807, 2.05) is 24.3 Å². The first-order chi connectivity index (χ1) is 8.72. The molecule has 1 aromatic heterocycles. The summed E-state index contributed by atoms with van der Waals surface area (Å²) in [6.45, 7) is 2.08. The van der Waals surface area contributed by atoms with Gasteiger partial charge in [0.05, 0.1) is 0 Å². The molecular weight excluding hydrogens is 262 g/mol. The number of hydrogen-bond acceptors (Lipinski definition) is 1. The predicted molar refractivity (Wildman–Crippen MR) is 78.6 cm³/mol. The van der Waals surface area contributed by atoms with Crippen molar-refractivity contribution in [2.75, 3.05) is 0 Å². The molecule has 90 valence electrons. The molecule has 1 N–H and O–H groups in total. The van der Waals surface area contributed by atoms with Gasteiger partial charge in [-0.2, -0.15) is 0 Å². The Morgan fingerprint density at radius 3 is 2.61 bits per heavy atom. The van der Waals surface area contributed by atoms with E-state index in [1.165, 1.54) is 26.4 Å². The predicted octanol–water partition coefficient (Wildman–Crippen LogP) is 5.28. The quantitative estimate of drug-likeness (QED) is 0.671. The number of fused-ring (bicyclic) bond motifs is 1. The summed E-state index contributed by atoms with van der Waals surface area (Å²) < 4.78 is 0. The van der Waals surface area contributed by atoms with Crippen LogP contribution in [0.5, 0.6) is 0 Å². The van der Waals surface area contributed by atoms with E-state index in [9.17, 15) is 0 Å². The Bertz CT molecular complexity index is 685. The Morgan fingerprint density at radius 2 is 1.83 bits per heavy atom. The lowest BCUT2D eigenvalue weighted by molar-refractivity contribution is 1.30. The average molecular weight is 274 g/mol. The summed E-state index contributed by atoms with van der Waals surface area (Å²) in [6.07, 6.45) is 0. The van der Waals surface area contributed by atoms with Gasteiger partial charge in [0.25, 0.3) is 0 Å². The van der Waals surface area contributed by atoms with E-state index in [0.29, 0.717) is 0 Å². The fourth-order valence-electron chi connectivity index (χ4n) is 1.99. The van der Waals surface area contributed by atoms with Crippen LogP contribution >= 0.6 is 23.4 Å². The third-order valence-corrected chi connectivity index (χ3v) is 4.14. The molecule has 0 atom stereocenters. The third kappa shape index (κ3) is 2.26. The molecule has 0 amide bonds. The van der Waals surface area contributed by atoms with E-state index < -0.39 is 0 Å². The third-order valence-electron chi connectivity index (χ3n) is 2.80. The molecule has 18 heavy (non-hydrogen) atoms. The van der Waals surface area contributed by atoms with Gasteiger partial charge in [-0.1, -0.05) is 29.4 Å². The first kappa shape index (κ1) is 11.7. The molecule has 0 saturated carbocycles. The number of rotatable bonds is 2. The van der Waals surface area contributed by atoms with Crippen LogP contribution in [0.2, 0.25) is 5.02 Å². The lowest BCUT2D eigenvalue weighted by Crippen LogP contribution is -1.75. The largest absolute Gasteiger partial charge is 0.359 e. The molecule has 0 unspecified atom stereocenters. The smallest absolute Gasteiger partial charge is 0.0467 e. The van der Waals surface area contributed by atoms with Crippen molar-refractivity contribution in [2.45, 2.75) is 16.7 Å². The van der Waals surface area contributed by atoms with Gasteiger partial charge in [0.15, 0.2) is 0 Å². The standard InChI is InChI=1S/C15H12ClNS/c1-10-9-13-14(17-10)3-2-4-15(13)18-12-7-5-11(16)6-8-12/h2-9,17H,1H3. The number of aromatic amines is 1. The Hall–Kier alpha value is -1.38. The number of hydrogen-bond donors (Lipinski definition) is 1. The summed E-state index contributed by atoms with van der Waals surface area (Å²) in [5, 5.41) is 2.05. The highest BCUT2D eigenvalue weighted by Crippen LogP contribution is 2.34. The van der Waals surface area contributed by atoms with Gasteiger partial charge in [-0.25, -0.2) is 0 Å². The Labute approximate surface area is 115 Å². The molecule has 0 aliphatic carbocycles. The summed E-state index contributed by atoms with van der Waals surface area (Å²) in [7, 11) is 0. The van der Waals surface area contributed by atoms with Crippen LogP contribution in [0.1, 0.15) is 5.69 Å². The Kier molecular flexibility index (Phi) is 3.06. The van der Waals surface area contributed by atoms with Gasteiger partial charge in [-0.15, -0.1) is 0 Å². The first-order valence-corrected chi connectivity index (χ1v) is 6.93. The highest BCUT2D eigenvalue weighted by molar-refractivity contribution is 7.99. The van der Waals surface area contributed by atoms with Crippen molar-refractivity contribution in [2.24, 2.45) is 0 Å². The molecule has 3 heteroatoms. The molecule has 0 saturated heterocycles. The molecule has 3 aromatic rings. The number of aromatic nitrogens is 1. The SMILES string of the molecule is Cc1cc2c(Sc3ccc(Cl)cc3)cccc2[nH]1. The van der Waals surface area contributed by atoms with Crippen molar-refractivity contribution in [3.05, 3.63) is 59.2 Å². The summed E-state index contributed by atoms with van der Waals surface area (Å²) >= 11 is 7.66. The van der Waals surface area contributed by atoms with E-state index in [2.05, 4.69) is 36.2 Å². The van der Waals surface area contributed by atoms with E-state index in [-0.39, 0.29) is 0 Å². The van der Waals surface area contributed by atoms with Crippen LogP contribution in [0.4, 0.5) is 0 Å². The van der Waals surface area contributed by atoms with Crippen LogP contribution in [0.3, 0.4) is 0 Å². The van der Waals surface area contributed by atoms with Crippen LogP contribution < -0.4 is 0 Å². The van der Waals surface area contributed by atoms with Crippen molar-refractivity contribution in [1.82, 2.24) is 4.98 Å². The molecule has 1 heterocycles. The van der Waals surface area contributed by atoms with Crippen molar-refractivity contribution < 1.29 is 0 Å². The maximum Gasteiger partial charge on any atom is 0.0467 e. The van der Waals surface area contributed by atoms with E-state index >= 15 is 0 Å². The van der Waals surface area contributed by atoms with E-state index in [1.54, 1.807) is 11.8 Å². The normalized spacial score (nSPS) is 11.0. The molecule has 0 aliphatic heterocycles. The molecule has 0 radical (unpaired) electrons. The first-order valence-electron chi connectivity index (χ1n) is 5.74. The Morgan fingerprint density at radius 1 is 1.06 bits per heavy atom. The zero-order chi connectivity index (χ0) is 12.5. The second-order valence-electron chi connectivity index (χ2n) is 4.23. The highest BCUT2D eigenvalue weighted by Gasteiger charge is 2.05. The van der Waals surface area contributed by atoms with Gasteiger partial charge in [0.1, 0.15) is 0 Å². The zero-order valence-electron chi connectivity index (χ0n) is 9.91.